The number of nitrogens with zero attached hydrogens (tertiary/aromatic N) is 1. The molecule has 0 aromatic heterocycles. The van der Waals surface area contributed by atoms with Crippen molar-refractivity contribution in [3.63, 3.8) is 0 Å². The number of ether oxygens (including phenoxy) is 1. The fraction of sp³-hybridized carbons (Fsp3) is 0.909. The number of alkyl halides is 3. The minimum Gasteiger partial charge on any atom is -0.384 e. The molecule has 1 rings (SSSR count). The Morgan fingerprint density at radius 3 is 2.28 bits per heavy atom. The third-order valence-corrected chi connectivity index (χ3v) is 3.34. The van der Waals surface area contributed by atoms with E-state index in [1.165, 1.54) is 4.90 Å². The summed E-state index contributed by atoms with van der Waals surface area (Å²) in [6.45, 7) is 1.89. The van der Waals surface area contributed by atoms with Crippen molar-refractivity contribution in [2.75, 3.05) is 26.8 Å². The smallest absolute Gasteiger partial charge is 0.384 e. The van der Waals surface area contributed by atoms with Crippen LogP contribution in [0.1, 0.15) is 19.8 Å². The molecule has 18 heavy (non-hydrogen) atoms. The summed E-state index contributed by atoms with van der Waals surface area (Å²) in [5.41, 5.74) is 2.32. The molecular formula is C11H19F3N2O2. The Morgan fingerprint density at radius 1 is 1.39 bits per heavy atom. The second-order valence-electron chi connectivity index (χ2n) is 4.89. The van der Waals surface area contributed by atoms with Crippen molar-refractivity contribution >= 4 is 5.91 Å². The predicted molar refractivity (Wildman–Crippen MR) is 59.8 cm³/mol. The lowest BCUT2D eigenvalue weighted by Crippen LogP contribution is -2.63. The summed E-state index contributed by atoms with van der Waals surface area (Å²) in [5, 5.41) is 0. The highest BCUT2D eigenvalue weighted by Gasteiger charge is 2.55. The molecule has 106 valence electrons. The van der Waals surface area contributed by atoms with E-state index in [0.29, 0.717) is 38.5 Å². The van der Waals surface area contributed by atoms with Crippen LogP contribution in [-0.2, 0) is 9.53 Å². The zero-order chi connectivity index (χ0) is 14.0. The van der Waals surface area contributed by atoms with Crippen LogP contribution >= 0.6 is 0 Å². The van der Waals surface area contributed by atoms with Crippen LogP contribution < -0.4 is 5.73 Å². The van der Waals surface area contributed by atoms with Gasteiger partial charge < -0.3 is 15.4 Å². The number of hydrogen-bond donors (Lipinski definition) is 1. The van der Waals surface area contributed by atoms with Gasteiger partial charge in [-0.3, -0.25) is 4.79 Å². The first-order valence-corrected chi connectivity index (χ1v) is 5.84. The van der Waals surface area contributed by atoms with E-state index in [9.17, 15) is 18.0 Å². The molecule has 0 saturated carbocycles. The summed E-state index contributed by atoms with van der Waals surface area (Å²) >= 11 is 0. The average molecular weight is 268 g/mol. The van der Waals surface area contributed by atoms with Gasteiger partial charge in [-0.05, 0) is 25.7 Å². The molecule has 0 aromatic carbocycles. The normalized spacial score (nSPS) is 21.8. The van der Waals surface area contributed by atoms with Crippen LogP contribution in [0.15, 0.2) is 0 Å². The highest BCUT2D eigenvalue weighted by Crippen LogP contribution is 2.30. The van der Waals surface area contributed by atoms with Crippen LogP contribution in [0, 0.1) is 5.92 Å². The number of carbonyl (C=O) groups excluding carboxylic acids is 1. The molecule has 1 heterocycles. The van der Waals surface area contributed by atoms with Crippen molar-refractivity contribution in [3.05, 3.63) is 0 Å². The number of hydrogen-bond acceptors (Lipinski definition) is 3. The molecule has 0 spiro atoms. The lowest BCUT2D eigenvalue weighted by atomic mass is 9.94. The van der Waals surface area contributed by atoms with E-state index in [1.807, 2.05) is 0 Å². The number of carbonyl (C=O) groups is 1. The molecule has 1 saturated heterocycles. The largest absolute Gasteiger partial charge is 0.415 e. The first kappa shape index (κ1) is 15.2. The monoisotopic (exact) mass is 268 g/mol. The van der Waals surface area contributed by atoms with Crippen molar-refractivity contribution in [1.29, 1.82) is 0 Å². The van der Waals surface area contributed by atoms with Gasteiger partial charge in [0.2, 0.25) is 0 Å². The van der Waals surface area contributed by atoms with Crippen LogP contribution in [-0.4, -0.2) is 49.3 Å². The molecular weight excluding hydrogens is 249 g/mol. The second kappa shape index (κ2) is 5.44. The number of likely N-dealkylation sites (tertiary alicyclic amines) is 1. The molecule has 0 bridgehead atoms. The van der Waals surface area contributed by atoms with Crippen molar-refractivity contribution < 1.29 is 22.7 Å². The standard InChI is InChI=1S/C11H19F3N2O2/c1-10(15,11(12,13)14)9(17)16-5-3-8(4-6-16)7-18-2/h8H,3-7,15H2,1-2H3. The van der Waals surface area contributed by atoms with Gasteiger partial charge in [0.25, 0.3) is 5.91 Å². The summed E-state index contributed by atoms with van der Waals surface area (Å²) in [4.78, 5) is 13.0. The first-order chi connectivity index (χ1) is 8.20. The minimum atomic E-state index is -4.73. The molecule has 1 aliphatic heterocycles. The number of halogens is 3. The summed E-state index contributed by atoms with van der Waals surface area (Å²) in [7, 11) is 1.58. The SMILES string of the molecule is COCC1CCN(C(=O)C(C)(N)C(F)(F)F)CC1. The highest BCUT2D eigenvalue weighted by molar-refractivity contribution is 5.86. The fourth-order valence-corrected chi connectivity index (χ4v) is 1.99. The molecule has 1 aliphatic rings. The van der Waals surface area contributed by atoms with Gasteiger partial charge in [-0.2, -0.15) is 13.2 Å². The molecule has 1 fully saturated rings. The van der Waals surface area contributed by atoms with Crippen LogP contribution in [0.3, 0.4) is 0 Å². The molecule has 7 heteroatoms. The van der Waals surface area contributed by atoms with Gasteiger partial charge in [0.1, 0.15) is 0 Å². The molecule has 1 atom stereocenters. The predicted octanol–water partition coefficient (Wildman–Crippen LogP) is 1.15. The van der Waals surface area contributed by atoms with Gasteiger partial charge in [0.05, 0.1) is 0 Å². The Kier molecular flexibility index (Phi) is 4.61. The van der Waals surface area contributed by atoms with Gasteiger partial charge in [0.15, 0.2) is 5.54 Å². The Labute approximate surface area is 104 Å². The molecule has 2 N–H and O–H groups in total. The molecule has 0 radical (unpaired) electrons. The quantitative estimate of drug-likeness (QED) is 0.835. The van der Waals surface area contributed by atoms with Crippen molar-refractivity contribution in [2.24, 2.45) is 11.7 Å². The van der Waals surface area contributed by atoms with Gasteiger partial charge in [-0.1, -0.05) is 0 Å². The summed E-state index contributed by atoms with van der Waals surface area (Å²) in [5.74, 6) is -0.750. The Bertz CT molecular complexity index is 297. The maximum absolute atomic E-state index is 12.6. The fourth-order valence-electron chi connectivity index (χ4n) is 1.99. The maximum Gasteiger partial charge on any atom is 0.415 e. The van der Waals surface area contributed by atoms with E-state index in [-0.39, 0.29) is 0 Å². The number of methoxy groups -OCH3 is 1. The van der Waals surface area contributed by atoms with Gasteiger partial charge in [0, 0.05) is 26.8 Å². The van der Waals surface area contributed by atoms with E-state index in [0.717, 1.165) is 6.92 Å². The number of rotatable bonds is 3. The van der Waals surface area contributed by atoms with Crippen molar-refractivity contribution in [3.8, 4) is 0 Å². The summed E-state index contributed by atoms with van der Waals surface area (Å²) in [6.07, 6.45) is -3.44. The molecule has 0 aromatic rings. The van der Waals surface area contributed by atoms with Crippen LogP contribution in [0.5, 0.6) is 0 Å². The molecule has 0 aliphatic carbocycles. The molecule has 1 amide bonds. The third-order valence-electron chi connectivity index (χ3n) is 3.34. The number of piperidine rings is 1. The molecule has 4 nitrogen and oxygen atoms in total. The van der Waals surface area contributed by atoms with Gasteiger partial charge in [-0.15, -0.1) is 0 Å². The van der Waals surface area contributed by atoms with E-state index in [4.69, 9.17) is 10.5 Å². The topological polar surface area (TPSA) is 55.6 Å². The van der Waals surface area contributed by atoms with Crippen molar-refractivity contribution in [2.45, 2.75) is 31.5 Å². The maximum atomic E-state index is 12.6. The second-order valence-corrected chi connectivity index (χ2v) is 4.89. The Morgan fingerprint density at radius 2 is 1.89 bits per heavy atom. The van der Waals surface area contributed by atoms with E-state index in [2.05, 4.69) is 0 Å². The van der Waals surface area contributed by atoms with Crippen LogP contribution in [0.25, 0.3) is 0 Å². The average Bonchev–Trinajstić information content (AvgIpc) is 2.28. The third kappa shape index (κ3) is 3.14. The van der Waals surface area contributed by atoms with Gasteiger partial charge in [-0.25, -0.2) is 0 Å². The lowest BCUT2D eigenvalue weighted by Gasteiger charge is -2.37. The molecule has 1 unspecified atom stereocenters. The Balaban J connectivity index is 2.60. The first-order valence-electron chi connectivity index (χ1n) is 5.84. The number of amides is 1. The van der Waals surface area contributed by atoms with Crippen molar-refractivity contribution in [1.82, 2.24) is 4.90 Å². The Hall–Kier alpha value is -0.820. The summed E-state index contributed by atoms with van der Waals surface area (Å²) in [6, 6.07) is 0. The zero-order valence-electron chi connectivity index (χ0n) is 10.6. The van der Waals surface area contributed by atoms with E-state index >= 15 is 0 Å². The van der Waals surface area contributed by atoms with Crippen LogP contribution in [0.4, 0.5) is 13.2 Å². The number of nitrogens with two attached hydrogens (primary N) is 1. The van der Waals surface area contributed by atoms with Gasteiger partial charge >= 0.3 is 6.18 Å². The minimum absolute atomic E-state index is 0.300. The lowest BCUT2D eigenvalue weighted by molar-refractivity contribution is -0.194. The van der Waals surface area contributed by atoms with Crippen LogP contribution in [0.2, 0.25) is 0 Å². The zero-order valence-corrected chi connectivity index (χ0v) is 10.6. The van der Waals surface area contributed by atoms with E-state index in [1.54, 1.807) is 7.11 Å². The highest BCUT2D eigenvalue weighted by atomic mass is 19.4. The summed E-state index contributed by atoms with van der Waals surface area (Å²) < 4.78 is 42.9. The van der Waals surface area contributed by atoms with E-state index < -0.39 is 17.6 Å².